The fraction of sp³-hybridized carbons (Fsp3) is 0.667. The molecule has 5 unspecified atom stereocenters. The Morgan fingerprint density at radius 3 is 0.683 bits per heavy atom. The second kappa shape index (κ2) is 95.5. The highest BCUT2D eigenvalue weighted by molar-refractivity contribution is 7.47. The van der Waals surface area contributed by atoms with Gasteiger partial charge >= 0.3 is 33.6 Å². The third kappa shape index (κ3) is 96.9. The van der Waals surface area contributed by atoms with Crippen LogP contribution in [0.4, 0.5) is 0 Å². The Balaban J connectivity index is 4.67. The van der Waals surface area contributed by atoms with Gasteiger partial charge in [-0.15, -0.1) is 0 Å². The Morgan fingerprint density at radius 1 is 0.236 bits per heavy atom. The number of phosphoric ester groups is 2. The van der Waals surface area contributed by atoms with Crippen LogP contribution in [0, 0.1) is 0 Å². The zero-order valence-corrected chi connectivity index (χ0v) is 79.3. The van der Waals surface area contributed by atoms with Gasteiger partial charge in [0, 0.05) is 19.3 Å². The van der Waals surface area contributed by atoms with Crippen molar-refractivity contribution in [1.29, 1.82) is 0 Å². The minimum Gasteiger partial charge on any atom is -0.463 e. The SMILES string of the molecule is CC/C=C\C/C=C\C/C=C\C/C=C\C/C=C\C/C=C\CCCCCCCCCCCCCCC(=O)OCC(O)COP(=O)(O)OCC(O)COP(=O)(O)OCC(COC(=O)CCCCCCCCCCCC/C=C\C/C=C\C/C=C\C/C=C\C/C=C\C/C=C\CC)OC(=O)CCCCCCCCCCCCC/C=C\C/C=C\C/C=C\C/C=C\CCCCC. The average Bonchev–Trinajstić information content (AvgIpc) is 0.891. The molecule has 0 aliphatic heterocycles. The molecular weight excluding hydrogens is 1580 g/mol. The number of hydrogen-bond acceptors (Lipinski definition) is 14. The minimum absolute atomic E-state index is 0.0944. The molecule has 5 atom stereocenters. The number of phosphoric acid groups is 2. The Bertz CT molecular complexity index is 3020. The average molecular weight is 1760 g/mol. The molecule has 0 aromatic rings. The summed E-state index contributed by atoms with van der Waals surface area (Å²) in [6.45, 7) is 2.46. The first-order valence-electron chi connectivity index (χ1n) is 48.7. The van der Waals surface area contributed by atoms with Crippen LogP contribution in [-0.4, -0.2) is 95.9 Å². The van der Waals surface area contributed by atoms with Crippen LogP contribution in [0.5, 0.6) is 0 Å². The summed E-state index contributed by atoms with van der Waals surface area (Å²) >= 11 is 0. The molecule has 0 saturated heterocycles. The molecule has 0 rings (SSSR count). The van der Waals surface area contributed by atoms with E-state index in [1.54, 1.807) is 0 Å². The van der Waals surface area contributed by atoms with Crippen molar-refractivity contribution >= 4 is 33.6 Å². The molecule has 4 N–H and O–H groups in total. The molecule has 0 fully saturated rings. The molecule has 0 aliphatic carbocycles. The van der Waals surface area contributed by atoms with Crippen molar-refractivity contribution in [3.8, 4) is 0 Å². The molecule has 0 bridgehead atoms. The van der Waals surface area contributed by atoms with Gasteiger partial charge in [-0.2, -0.15) is 0 Å². The van der Waals surface area contributed by atoms with Gasteiger partial charge < -0.3 is 34.2 Å². The summed E-state index contributed by atoms with van der Waals surface area (Å²) in [5, 5.41) is 20.8. The van der Waals surface area contributed by atoms with Crippen molar-refractivity contribution in [2.75, 3.05) is 39.6 Å². The summed E-state index contributed by atoms with van der Waals surface area (Å²) < 4.78 is 61.6. The third-order valence-electron chi connectivity index (χ3n) is 20.3. The molecule has 0 spiro atoms. The van der Waals surface area contributed by atoms with E-state index in [0.29, 0.717) is 19.3 Å². The maximum absolute atomic E-state index is 13.1. The molecular formula is C105H176O16P2. The van der Waals surface area contributed by atoms with Gasteiger partial charge in [0.2, 0.25) is 0 Å². The number of aliphatic hydroxyl groups is 2. The van der Waals surface area contributed by atoms with E-state index in [1.165, 1.54) is 148 Å². The van der Waals surface area contributed by atoms with E-state index in [1.807, 2.05) is 0 Å². The van der Waals surface area contributed by atoms with Gasteiger partial charge in [-0.1, -0.05) is 401 Å². The van der Waals surface area contributed by atoms with Crippen LogP contribution in [0.3, 0.4) is 0 Å². The Morgan fingerprint density at radius 2 is 0.431 bits per heavy atom. The summed E-state index contributed by atoms with van der Waals surface area (Å²) in [6.07, 6.45) is 128. The monoisotopic (exact) mass is 1760 g/mol. The first-order valence-corrected chi connectivity index (χ1v) is 51.7. The third-order valence-corrected chi connectivity index (χ3v) is 22.2. The van der Waals surface area contributed by atoms with E-state index in [4.69, 9.17) is 32.3 Å². The molecule has 0 aromatic heterocycles. The van der Waals surface area contributed by atoms with E-state index < -0.39 is 91.5 Å². The van der Waals surface area contributed by atoms with Crippen LogP contribution in [0.2, 0.25) is 0 Å². The van der Waals surface area contributed by atoms with E-state index in [-0.39, 0.29) is 19.3 Å². The molecule has 16 nitrogen and oxygen atoms in total. The van der Waals surface area contributed by atoms with E-state index in [2.05, 4.69) is 215 Å². The highest BCUT2D eigenvalue weighted by Gasteiger charge is 2.30. The zero-order valence-electron chi connectivity index (χ0n) is 77.5. The number of esters is 3. The molecule has 0 heterocycles. The molecule has 0 aromatic carbocycles. The number of rotatable bonds is 91. The lowest BCUT2D eigenvalue weighted by Crippen LogP contribution is -2.30. The van der Waals surface area contributed by atoms with Crippen LogP contribution in [-0.2, 0) is 55.8 Å². The van der Waals surface area contributed by atoms with Gasteiger partial charge in [-0.05, 0) is 167 Å². The number of allylic oxidation sites excluding steroid dienone is 32. The molecule has 0 saturated carbocycles. The van der Waals surface area contributed by atoms with Crippen molar-refractivity contribution in [1.82, 2.24) is 0 Å². The number of unbranched alkanes of at least 4 members (excludes halogenated alkanes) is 36. The first-order chi connectivity index (χ1) is 60.2. The van der Waals surface area contributed by atoms with Crippen molar-refractivity contribution in [2.45, 2.75) is 411 Å². The smallest absolute Gasteiger partial charge is 0.463 e. The largest absolute Gasteiger partial charge is 0.472 e. The fourth-order valence-electron chi connectivity index (χ4n) is 13.0. The van der Waals surface area contributed by atoms with E-state index in [9.17, 15) is 43.5 Å². The minimum atomic E-state index is -4.95. The highest BCUT2D eigenvalue weighted by atomic mass is 31.2. The number of carbonyl (C=O) groups excluding carboxylic acids is 3. The van der Waals surface area contributed by atoms with Gasteiger partial charge in [0.05, 0.1) is 26.4 Å². The fourth-order valence-corrected chi connectivity index (χ4v) is 14.6. The van der Waals surface area contributed by atoms with Crippen LogP contribution in [0.25, 0.3) is 0 Å². The lowest BCUT2D eigenvalue weighted by atomic mass is 10.0. The van der Waals surface area contributed by atoms with Crippen LogP contribution >= 0.6 is 15.6 Å². The topological polar surface area (TPSA) is 231 Å². The summed E-state index contributed by atoms with van der Waals surface area (Å²) in [5.41, 5.74) is 0. The number of carbonyl (C=O) groups is 3. The highest BCUT2D eigenvalue weighted by Crippen LogP contribution is 2.45. The van der Waals surface area contributed by atoms with Crippen molar-refractivity contribution < 1.29 is 75.8 Å². The summed E-state index contributed by atoms with van der Waals surface area (Å²) in [5.74, 6) is -1.58. The van der Waals surface area contributed by atoms with Crippen LogP contribution in [0.15, 0.2) is 194 Å². The standard InChI is InChI=1S/C105H176O16P2/c1-4-7-10-13-16-19-22-25-28-31-34-37-40-43-46-48-49-51-54-55-58-61-64-67-70-73-76-79-82-85-88-91-103(108)115-94-100(106)95-117-122(111,112)118-96-101(107)97-119-123(113,114)120-99-102(121-105(110)93-90-87-84-81-78-75-72-69-66-63-60-57-52-45-42-39-36-33-30-27-24-21-18-15-12-9-6-3)98-116-104(109)92-89-86-83-80-77-74-71-68-65-62-59-56-53-50-47-44-41-38-35-32-29-26-23-20-17-14-11-8-5-2/h7-8,10-11,16-21,25-30,34-39,43-47,49,51-53,56,100-102,106-107H,4-6,9,12-15,22-24,31-33,40-42,48,50,54-55,57-99H2,1-3H3,(H,111,112)(H,113,114)/b10-7-,11-8-,19-16-,20-17-,21-18-,28-25-,29-26-,30-27-,37-34-,38-35-,39-36-,46-43-,47-44-,51-49-,52-45-,56-53-. The number of ether oxygens (including phenoxy) is 3. The molecule has 0 aliphatic rings. The second-order valence-corrected chi connectivity index (χ2v) is 35.0. The Hall–Kier alpha value is -5.61. The number of hydrogen-bond donors (Lipinski definition) is 4. The second-order valence-electron chi connectivity index (χ2n) is 32.1. The summed E-state index contributed by atoms with van der Waals surface area (Å²) in [4.78, 5) is 59.2. The van der Waals surface area contributed by atoms with Gasteiger partial charge in [0.25, 0.3) is 0 Å². The number of aliphatic hydroxyl groups excluding tert-OH is 2. The van der Waals surface area contributed by atoms with E-state index >= 15 is 0 Å². The maximum Gasteiger partial charge on any atom is 0.472 e. The lowest BCUT2D eigenvalue weighted by Gasteiger charge is -2.21. The van der Waals surface area contributed by atoms with Crippen LogP contribution < -0.4 is 0 Å². The van der Waals surface area contributed by atoms with Gasteiger partial charge in [0.1, 0.15) is 25.4 Å². The predicted molar refractivity (Wildman–Crippen MR) is 518 cm³/mol. The van der Waals surface area contributed by atoms with E-state index in [0.717, 1.165) is 186 Å². The molecule has 702 valence electrons. The van der Waals surface area contributed by atoms with Crippen molar-refractivity contribution in [2.24, 2.45) is 0 Å². The Labute approximate surface area is 750 Å². The van der Waals surface area contributed by atoms with Crippen LogP contribution in [0.1, 0.15) is 393 Å². The molecule has 0 radical (unpaired) electrons. The predicted octanol–water partition coefficient (Wildman–Crippen LogP) is 30.6. The zero-order chi connectivity index (χ0) is 89.3. The first kappa shape index (κ1) is 117. The molecule has 0 amide bonds. The lowest BCUT2D eigenvalue weighted by molar-refractivity contribution is -0.161. The molecule has 123 heavy (non-hydrogen) atoms. The normalized spacial score (nSPS) is 14.6. The molecule has 18 heteroatoms. The van der Waals surface area contributed by atoms with Gasteiger partial charge in [-0.3, -0.25) is 32.5 Å². The Kier molecular flexibility index (Phi) is 91.1. The maximum atomic E-state index is 13.1. The quantitative estimate of drug-likeness (QED) is 0.0146. The summed E-state index contributed by atoms with van der Waals surface area (Å²) in [7, 11) is -9.82. The van der Waals surface area contributed by atoms with Crippen molar-refractivity contribution in [3.05, 3.63) is 194 Å². The summed E-state index contributed by atoms with van der Waals surface area (Å²) in [6, 6.07) is 0. The van der Waals surface area contributed by atoms with Gasteiger partial charge in [0.15, 0.2) is 6.10 Å². The van der Waals surface area contributed by atoms with Gasteiger partial charge in [-0.25, -0.2) is 9.13 Å². The van der Waals surface area contributed by atoms with Crippen molar-refractivity contribution in [3.63, 3.8) is 0 Å².